The van der Waals surface area contributed by atoms with E-state index in [1.54, 1.807) is 52.1 Å². The van der Waals surface area contributed by atoms with Gasteiger partial charge in [-0.05, 0) is 63.4 Å². The third-order valence-electron chi connectivity index (χ3n) is 7.86. The highest BCUT2D eigenvalue weighted by atomic mass is 16.6. The van der Waals surface area contributed by atoms with Gasteiger partial charge in [-0.3, -0.25) is 19.3 Å². The third kappa shape index (κ3) is 10.3. The summed E-state index contributed by atoms with van der Waals surface area (Å²) >= 11 is 0. The van der Waals surface area contributed by atoms with Crippen molar-refractivity contribution in [3.05, 3.63) is 102 Å². The summed E-state index contributed by atoms with van der Waals surface area (Å²) in [7, 11) is 1.55. The average Bonchev–Trinajstić information content (AvgIpc) is 3.04. The fourth-order valence-electron chi connectivity index (χ4n) is 5.56. The number of amides is 2. The van der Waals surface area contributed by atoms with Crippen molar-refractivity contribution in [2.75, 3.05) is 20.2 Å². The van der Waals surface area contributed by atoms with Crippen LogP contribution in [0.5, 0.6) is 5.75 Å². The van der Waals surface area contributed by atoms with Crippen molar-refractivity contribution in [3.63, 3.8) is 0 Å². The van der Waals surface area contributed by atoms with Gasteiger partial charge in [0.25, 0.3) is 0 Å². The lowest BCUT2D eigenvalue weighted by Crippen LogP contribution is -2.58. The first-order valence-electron chi connectivity index (χ1n) is 15.8. The van der Waals surface area contributed by atoms with Crippen molar-refractivity contribution in [2.24, 2.45) is 0 Å². The fraction of sp³-hybridized carbons (Fsp3) is 0.405. The number of likely N-dealkylation sites (tertiary alicyclic amines) is 1. The molecule has 244 valence electrons. The number of methoxy groups -OCH3 is 1. The molecule has 2 amide bonds. The molecule has 1 aliphatic rings. The van der Waals surface area contributed by atoms with Gasteiger partial charge in [0.2, 0.25) is 11.8 Å². The zero-order valence-corrected chi connectivity index (χ0v) is 27.2. The predicted molar refractivity (Wildman–Crippen MR) is 177 cm³/mol. The second-order valence-corrected chi connectivity index (χ2v) is 12.7. The SMILES string of the molecule is COc1cccc(C(=O)CN2CCCC[C@H]2C(=O)N[C@@H](Cc2ccccc2)C(=O)N[C@@H](Cc2ccccc2)C(=O)OC(C)(C)C)c1. The Balaban J connectivity index is 1.53. The van der Waals surface area contributed by atoms with Crippen LogP contribution in [-0.2, 0) is 32.0 Å². The van der Waals surface area contributed by atoms with Crippen LogP contribution >= 0.6 is 0 Å². The van der Waals surface area contributed by atoms with Gasteiger partial charge in [0.1, 0.15) is 23.4 Å². The second kappa shape index (κ2) is 16.2. The first-order valence-corrected chi connectivity index (χ1v) is 15.8. The standard InChI is InChI=1S/C37H45N3O6/c1-37(2,3)46-36(44)31(23-27-16-9-6-10-17-27)39-34(42)30(22-26-14-7-5-8-15-26)38-35(43)32-20-11-12-21-40(32)25-33(41)28-18-13-19-29(24-28)45-4/h5-10,13-19,24,30-32H,11-12,20-23,25H2,1-4H3,(H,38,43)(H,39,42)/t30-,31-,32-/m0/s1. The highest BCUT2D eigenvalue weighted by Gasteiger charge is 2.35. The molecule has 2 N–H and O–H groups in total. The van der Waals surface area contributed by atoms with Crippen molar-refractivity contribution in [1.82, 2.24) is 15.5 Å². The van der Waals surface area contributed by atoms with Gasteiger partial charge in [-0.2, -0.15) is 0 Å². The maximum Gasteiger partial charge on any atom is 0.329 e. The van der Waals surface area contributed by atoms with Crippen LogP contribution < -0.4 is 15.4 Å². The number of piperidine rings is 1. The van der Waals surface area contributed by atoms with E-state index in [2.05, 4.69) is 10.6 Å². The minimum absolute atomic E-state index is 0.0681. The molecule has 3 atom stereocenters. The molecule has 3 aromatic carbocycles. The smallest absolute Gasteiger partial charge is 0.329 e. The van der Waals surface area contributed by atoms with Gasteiger partial charge in [-0.25, -0.2) is 4.79 Å². The summed E-state index contributed by atoms with van der Waals surface area (Å²) in [5.41, 5.74) is 1.48. The van der Waals surface area contributed by atoms with E-state index in [0.717, 1.165) is 24.0 Å². The minimum atomic E-state index is -0.964. The number of rotatable bonds is 13. The molecule has 1 heterocycles. The lowest BCUT2D eigenvalue weighted by molar-refractivity contribution is -0.158. The first-order chi connectivity index (χ1) is 22.0. The second-order valence-electron chi connectivity index (χ2n) is 12.7. The predicted octanol–water partition coefficient (Wildman–Crippen LogP) is 4.53. The molecule has 0 unspecified atom stereocenters. The van der Waals surface area contributed by atoms with Gasteiger partial charge in [0, 0.05) is 18.4 Å². The molecule has 1 saturated heterocycles. The number of nitrogens with one attached hydrogen (secondary N) is 2. The number of esters is 1. The number of carbonyl (C=O) groups is 4. The number of ketones is 1. The molecule has 3 aromatic rings. The van der Waals surface area contributed by atoms with E-state index in [4.69, 9.17) is 9.47 Å². The highest BCUT2D eigenvalue weighted by Crippen LogP contribution is 2.20. The van der Waals surface area contributed by atoms with Gasteiger partial charge >= 0.3 is 5.97 Å². The molecule has 1 fully saturated rings. The van der Waals surface area contributed by atoms with Crippen LogP contribution in [0.1, 0.15) is 61.5 Å². The van der Waals surface area contributed by atoms with Crippen LogP contribution in [-0.4, -0.2) is 72.4 Å². The number of benzene rings is 3. The van der Waals surface area contributed by atoms with E-state index >= 15 is 0 Å². The van der Waals surface area contributed by atoms with Crippen LogP contribution in [0.25, 0.3) is 0 Å². The number of hydrogen-bond acceptors (Lipinski definition) is 7. The summed E-state index contributed by atoms with van der Waals surface area (Å²) in [5.74, 6) is -0.891. The molecule has 46 heavy (non-hydrogen) atoms. The Hall–Kier alpha value is -4.50. The maximum absolute atomic E-state index is 13.9. The quantitative estimate of drug-likeness (QED) is 0.212. The molecule has 0 aromatic heterocycles. The Morgan fingerprint density at radius 1 is 0.826 bits per heavy atom. The van der Waals surface area contributed by atoms with Gasteiger partial charge in [-0.15, -0.1) is 0 Å². The molecular formula is C37H45N3O6. The number of Topliss-reactive ketones (excluding diaryl/α,β-unsaturated/α-hetero) is 1. The molecule has 0 spiro atoms. The summed E-state index contributed by atoms with van der Waals surface area (Å²) < 4.78 is 10.9. The van der Waals surface area contributed by atoms with E-state index < -0.39 is 35.6 Å². The molecule has 0 bridgehead atoms. The van der Waals surface area contributed by atoms with Gasteiger partial charge in [0.15, 0.2) is 5.78 Å². The molecule has 4 rings (SSSR count). The van der Waals surface area contributed by atoms with E-state index in [9.17, 15) is 19.2 Å². The van der Waals surface area contributed by atoms with Crippen LogP contribution in [0.2, 0.25) is 0 Å². The molecular weight excluding hydrogens is 582 g/mol. The van der Waals surface area contributed by atoms with Crippen LogP contribution in [0.15, 0.2) is 84.9 Å². The Kier molecular flexibility index (Phi) is 12.1. The Labute approximate surface area is 271 Å². The number of carbonyl (C=O) groups excluding carboxylic acids is 4. The lowest BCUT2D eigenvalue weighted by atomic mass is 9.98. The summed E-state index contributed by atoms with van der Waals surface area (Å²) in [5, 5.41) is 5.86. The first kappa shape index (κ1) is 34.4. The van der Waals surface area contributed by atoms with E-state index in [-0.39, 0.29) is 31.1 Å². The molecule has 9 heteroatoms. The number of nitrogens with zero attached hydrogens (tertiary/aromatic N) is 1. The van der Waals surface area contributed by atoms with E-state index in [1.165, 1.54) is 0 Å². The van der Waals surface area contributed by atoms with Crippen LogP contribution in [0.3, 0.4) is 0 Å². The highest BCUT2D eigenvalue weighted by molar-refractivity contribution is 5.98. The number of hydrogen-bond donors (Lipinski definition) is 2. The Morgan fingerprint density at radius 2 is 1.46 bits per heavy atom. The van der Waals surface area contributed by atoms with Crippen LogP contribution in [0, 0.1) is 0 Å². The van der Waals surface area contributed by atoms with E-state index in [0.29, 0.717) is 24.3 Å². The number of ether oxygens (including phenoxy) is 2. The molecule has 0 radical (unpaired) electrons. The normalized spacial score (nSPS) is 16.5. The summed E-state index contributed by atoms with van der Waals surface area (Å²) in [6, 6.07) is 23.3. The topological polar surface area (TPSA) is 114 Å². The third-order valence-corrected chi connectivity index (χ3v) is 7.86. The van der Waals surface area contributed by atoms with E-state index in [1.807, 2.05) is 65.6 Å². The lowest BCUT2D eigenvalue weighted by Gasteiger charge is -2.35. The van der Waals surface area contributed by atoms with Crippen molar-refractivity contribution in [3.8, 4) is 5.75 Å². The van der Waals surface area contributed by atoms with Crippen molar-refractivity contribution in [1.29, 1.82) is 0 Å². The summed E-state index contributed by atoms with van der Waals surface area (Å²) in [6.45, 7) is 5.98. The molecule has 0 aliphatic carbocycles. The maximum atomic E-state index is 13.9. The van der Waals surface area contributed by atoms with Gasteiger partial charge < -0.3 is 20.1 Å². The van der Waals surface area contributed by atoms with Crippen molar-refractivity contribution >= 4 is 23.6 Å². The summed E-state index contributed by atoms with van der Waals surface area (Å²) in [6.07, 6.45) is 2.71. The zero-order valence-electron chi connectivity index (χ0n) is 27.2. The Bertz CT molecular complexity index is 1470. The summed E-state index contributed by atoms with van der Waals surface area (Å²) in [4.78, 5) is 56.2. The van der Waals surface area contributed by atoms with Crippen molar-refractivity contribution < 1.29 is 28.7 Å². The van der Waals surface area contributed by atoms with Crippen LogP contribution in [0.4, 0.5) is 0 Å². The molecule has 9 nitrogen and oxygen atoms in total. The van der Waals surface area contributed by atoms with Gasteiger partial charge in [-0.1, -0.05) is 79.2 Å². The van der Waals surface area contributed by atoms with Crippen molar-refractivity contribution in [2.45, 2.75) is 76.6 Å². The Morgan fingerprint density at radius 3 is 2.07 bits per heavy atom. The minimum Gasteiger partial charge on any atom is -0.497 e. The molecule has 1 aliphatic heterocycles. The zero-order chi connectivity index (χ0) is 33.1. The monoisotopic (exact) mass is 627 g/mol. The van der Waals surface area contributed by atoms with Gasteiger partial charge in [0.05, 0.1) is 19.7 Å². The average molecular weight is 628 g/mol. The molecule has 0 saturated carbocycles. The fourth-order valence-corrected chi connectivity index (χ4v) is 5.56. The largest absolute Gasteiger partial charge is 0.497 e.